The van der Waals surface area contributed by atoms with Crippen LogP contribution >= 0.6 is 0 Å². The Morgan fingerprint density at radius 2 is 1.90 bits per heavy atom. The Morgan fingerprint density at radius 1 is 1.20 bits per heavy atom. The van der Waals surface area contributed by atoms with Crippen molar-refractivity contribution in [3.8, 4) is 0 Å². The molecule has 0 aliphatic heterocycles. The van der Waals surface area contributed by atoms with E-state index in [4.69, 9.17) is 5.73 Å². The number of carbonyl (C=O) groups excluding carboxylic acids is 1. The molecule has 5 heteroatoms. The fourth-order valence-corrected chi connectivity index (χ4v) is 1.84. The topological polar surface area (TPSA) is 67.2 Å². The van der Waals surface area contributed by atoms with E-state index in [1.54, 1.807) is 37.4 Å². The van der Waals surface area contributed by atoms with Crippen LogP contribution in [-0.4, -0.2) is 13.0 Å². The molecule has 0 aromatic heterocycles. The van der Waals surface area contributed by atoms with Crippen LogP contribution in [0, 0.1) is 5.82 Å². The number of hydrogen-bond acceptors (Lipinski definition) is 3. The van der Waals surface area contributed by atoms with Crippen LogP contribution in [0.25, 0.3) is 0 Å². The molecule has 104 valence electrons. The van der Waals surface area contributed by atoms with Crippen LogP contribution in [0.15, 0.2) is 42.5 Å². The summed E-state index contributed by atoms with van der Waals surface area (Å²) < 4.78 is 12.8. The summed E-state index contributed by atoms with van der Waals surface area (Å²) in [6, 6.07) is 11.2. The Bertz CT molecular complexity index is 611. The first kappa shape index (κ1) is 13.9. The molecule has 0 saturated carbocycles. The number of nitrogen functional groups attached to an aromatic ring is 1. The van der Waals surface area contributed by atoms with Crippen LogP contribution in [0.3, 0.4) is 0 Å². The molecule has 1 amide bonds. The van der Waals surface area contributed by atoms with Gasteiger partial charge in [-0.05, 0) is 35.9 Å². The summed E-state index contributed by atoms with van der Waals surface area (Å²) in [5.74, 6) is -0.463. The first-order valence-corrected chi connectivity index (χ1v) is 6.20. The van der Waals surface area contributed by atoms with E-state index in [1.165, 1.54) is 12.1 Å². The molecule has 0 unspecified atom stereocenters. The Balaban J connectivity index is 2.17. The summed E-state index contributed by atoms with van der Waals surface area (Å²) >= 11 is 0. The van der Waals surface area contributed by atoms with Gasteiger partial charge in [-0.15, -0.1) is 0 Å². The van der Waals surface area contributed by atoms with Crippen molar-refractivity contribution in [3.05, 3.63) is 59.4 Å². The lowest BCUT2D eigenvalue weighted by atomic mass is 10.1. The average molecular weight is 273 g/mol. The molecule has 0 aliphatic rings. The van der Waals surface area contributed by atoms with Gasteiger partial charge in [0.25, 0.3) is 5.91 Å². The Hall–Kier alpha value is -2.56. The highest BCUT2D eigenvalue weighted by molar-refractivity contribution is 6.00. The Labute approximate surface area is 116 Å². The number of nitrogens with one attached hydrogen (secondary N) is 2. The number of hydrogen-bond donors (Lipinski definition) is 3. The number of rotatable bonds is 4. The van der Waals surface area contributed by atoms with Gasteiger partial charge >= 0.3 is 0 Å². The van der Waals surface area contributed by atoms with E-state index in [0.717, 1.165) is 5.56 Å². The molecule has 0 aliphatic carbocycles. The number of halogens is 1. The highest BCUT2D eigenvalue weighted by Crippen LogP contribution is 2.20. The number of benzene rings is 2. The molecule has 0 heterocycles. The summed E-state index contributed by atoms with van der Waals surface area (Å²) in [5, 5.41) is 5.72. The average Bonchev–Trinajstić information content (AvgIpc) is 2.46. The molecule has 2 rings (SSSR count). The standard InChI is InChI=1S/C15H16FN3O/c1-18-15(20)13-7-6-12(17)8-14(13)19-9-10-2-4-11(16)5-3-10/h2-8,19H,9,17H2,1H3,(H,18,20). The molecule has 0 fully saturated rings. The highest BCUT2D eigenvalue weighted by Gasteiger charge is 2.10. The Kier molecular flexibility index (Phi) is 4.20. The van der Waals surface area contributed by atoms with E-state index in [0.29, 0.717) is 23.5 Å². The van der Waals surface area contributed by atoms with Gasteiger partial charge in [-0.3, -0.25) is 4.79 Å². The second-order valence-corrected chi connectivity index (χ2v) is 4.36. The largest absolute Gasteiger partial charge is 0.399 e. The number of nitrogens with two attached hydrogens (primary N) is 1. The first-order valence-electron chi connectivity index (χ1n) is 6.20. The van der Waals surface area contributed by atoms with Crippen molar-refractivity contribution < 1.29 is 9.18 Å². The number of carbonyl (C=O) groups is 1. The lowest BCUT2D eigenvalue weighted by molar-refractivity contribution is 0.0964. The third kappa shape index (κ3) is 3.26. The minimum Gasteiger partial charge on any atom is -0.399 e. The van der Waals surface area contributed by atoms with Gasteiger partial charge < -0.3 is 16.4 Å². The fraction of sp³-hybridized carbons (Fsp3) is 0.133. The number of anilines is 2. The zero-order chi connectivity index (χ0) is 14.5. The molecular formula is C15H16FN3O. The first-order chi connectivity index (χ1) is 9.60. The molecule has 4 nitrogen and oxygen atoms in total. The van der Waals surface area contributed by atoms with Crippen LogP contribution < -0.4 is 16.4 Å². The van der Waals surface area contributed by atoms with E-state index in [2.05, 4.69) is 10.6 Å². The van der Waals surface area contributed by atoms with E-state index >= 15 is 0 Å². The van der Waals surface area contributed by atoms with Crippen LogP contribution in [0.1, 0.15) is 15.9 Å². The molecule has 4 N–H and O–H groups in total. The van der Waals surface area contributed by atoms with Crippen LogP contribution in [0.4, 0.5) is 15.8 Å². The zero-order valence-corrected chi connectivity index (χ0v) is 11.1. The molecule has 0 atom stereocenters. The molecule has 2 aromatic rings. The third-order valence-corrected chi connectivity index (χ3v) is 2.91. The lowest BCUT2D eigenvalue weighted by Gasteiger charge is -2.12. The SMILES string of the molecule is CNC(=O)c1ccc(N)cc1NCc1ccc(F)cc1. The highest BCUT2D eigenvalue weighted by atomic mass is 19.1. The van der Waals surface area contributed by atoms with Crippen LogP contribution in [0.5, 0.6) is 0 Å². The summed E-state index contributed by atoms with van der Waals surface area (Å²) in [7, 11) is 1.57. The van der Waals surface area contributed by atoms with Crippen molar-refractivity contribution in [3.63, 3.8) is 0 Å². The summed E-state index contributed by atoms with van der Waals surface area (Å²) in [6.45, 7) is 0.480. The van der Waals surface area contributed by atoms with Gasteiger partial charge in [-0.25, -0.2) is 4.39 Å². The van der Waals surface area contributed by atoms with Gasteiger partial charge in [0, 0.05) is 25.0 Å². The fourth-order valence-electron chi connectivity index (χ4n) is 1.84. The third-order valence-electron chi connectivity index (χ3n) is 2.91. The lowest BCUT2D eigenvalue weighted by Crippen LogP contribution is -2.19. The van der Waals surface area contributed by atoms with Gasteiger partial charge in [0.1, 0.15) is 5.82 Å². The van der Waals surface area contributed by atoms with Crippen molar-refractivity contribution in [2.75, 3.05) is 18.1 Å². The molecular weight excluding hydrogens is 257 g/mol. The molecule has 0 bridgehead atoms. The second-order valence-electron chi connectivity index (χ2n) is 4.36. The maximum absolute atomic E-state index is 12.8. The second kappa shape index (κ2) is 6.06. The molecule has 0 radical (unpaired) electrons. The predicted octanol–water partition coefficient (Wildman–Crippen LogP) is 2.38. The molecule has 0 spiro atoms. The van der Waals surface area contributed by atoms with Gasteiger partial charge in [0.2, 0.25) is 0 Å². The summed E-state index contributed by atoms with van der Waals surface area (Å²) in [5.41, 5.74) is 8.38. The van der Waals surface area contributed by atoms with Crippen molar-refractivity contribution >= 4 is 17.3 Å². The normalized spacial score (nSPS) is 10.1. The summed E-state index contributed by atoms with van der Waals surface area (Å²) in [6.07, 6.45) is 0. The van der Waals surface area contributed by atoms with Crippen molar-refractivity contribution in [1.82, 2.24) is 5.32 Å². The molecule has 0 saturated heterocycles. The van der Waals surface area contributed by atoms with Crippen LogP contribution in [-0.2, 0) is 6.54 Å². The van der Waals surface area contributed by atoms with E-state index in [9.17, 15) is 9.18 Å². The quantitative estimate of drug-likeness (QED) is 0.749. The van der Waals surface area contributed by atoms with E-state index in [-0.39, 0.29) is 11.7 Å². The van der Waals surface area contributed by atoms with Crippen molar-refractivity contribution in [1.29, 1.82) is 0 Å². The number of amides is 1. The monoisotopic (exact) mass is 273 g/mol. The smallest absolute Gasteiger partial charge is 0.253 e. The van der Waals surface area contributed by atoms with Crippen LogP contribution in [0.2, 0.25) is 0 Å². The van der Waals surface area contributed by atoms with E-state index < -0.39 is 0 Å². The minimum absolute atomic E-state index is 0.188. The zero-order valence-electron chi connectivity index (χ0n) is 11.1. The molecule has 2 aromatic carbocycles. The van der Waals surface area contributed by atoms with Gasteiger partial charge in [0.15, 0.2) is 0 Å². The minimum atomic E-state index is -0.274. The van der Waals surface area contributed by atoms with Gasteiger partial charge in [-0.1, -0.05) is 12.1 Å². The van der Waals surface area contributed by atoms with Crippen molar-refractivity contribution in [2.24, 2.45) is 0 Å². The summed E-state index contributed by atoms with van der Waals surface area (Å²) in [4.78, 5) is 11.8. The van der Waals surface area contributed by atoms with Gasteiger partial charge in [-0.2, -0.15) is 0 Å². The molecule has 20 heavy (non-hydrogen) atoms. The van der Waals surface area contributed by atoms with E-state index in [1.807, 2.05) is 0 Å². The van der Waals surface area contributed by atoms with Crippen molar-refractivity contribution in [2.45, 2.75) is 6.54 Å². The maximum atomic E-state index is 12.8. The Morgan fingerprint density at radius 3 is 2.55 bits per heavy atom. The van der Waals surface area contributed by atoms with Gasteiger partial charge in [0.05, 0.1) is 5.56 Å². The predicted molar refractivity (Wildman–Crippen MR) is 78.0 cm³/mol. The maximum Gasteiger partial charge on any atom is 0.253 e.